The number of unbranched alkanes of at least 4 members (excludes halogenated alkanes) is 2. The molecular formula is C9H20N3O. The van der Waals surface area contributed by atoms with Crippen molar-refractivity contribution in [2.75, 3.05) is 19.6 Å². The molecule has 0 aliphatic rings. The molecule has 0 bridgehead atoms. The van der Waals surface area contributed by atoms with E-state index in [4.69, 9.17) is 5.73 Å². The summed E-state index contributed by atoms with van der Waals surface area (Å²) in [5.41, 5.74) is 5.31. The first-order valence-corrected chi connectivity index (χ1v) is 4.96. The fourth-order valence-corrected chi connectivity index (χ4v) is 0.859. The van der Waals surface area contributed by atoms with Gasteiger partial charge in [-0.05, 0) is 25.8 Å². The number of urea groups is 1. The first-order valence-electron chi connectivity index (χ1n) is 4.96. The average Bonchev–Trinajstić information content (AvgIpc) is 2.13. The Kier molecular flexibility index (Phi) is 8.77. The third kappa shape index (κ3) is 9.14. The van der Waals surface area contributed by atoms with Crippen LogP contribution in [-0.2, 0) is 0 Å². The van der Waals surface area contributed by atoms with Crippen molar-refractivity contribution in [1.82, 2.24) is 10.6 Å². The summed E-state index contributed by atoms with van der Waals surface area (Å²) < 4.78 is 0. The molecule has 13 heavy (non-hydrogen) atoms. The Labute approximate surface area is 80.3 Å². The molecule has 1 radical (unpaired) electrons. The molecule has 0 aliphatic carbocycles. The lowest BCUT2D eigenvalue weighted by Crippen LogP contribution is -2.31. The molecule has 0 aromatic heterocycles. The topological polar surface area (TPSA) is 69.2 Å². The smallest absolute Gasteiger partial charge is 0.336 e. The van der Waals surface area contributed by atoms with E-state index in [1.165, 1.54) is 0 Å². The van der Waals surface area contributed by atoms with Crippen molar-refractivity contribution < 1.29 is 4.79 Å². The highest BCUT2D eigenvalue weighted by molar-refractivity contribution is 5.73. The van der Waals surface area contributed by atoms with Crippen molar-refractivity contribution >= 4 is 6.03 Å². The Hall–Kier alpha value is -0.770. The zero-order chi connectivity index (χ0) is 9.94. The molecule has 0 aliphatic heterocycles. The molecule has 0 unspecified atom stereocenters. The third-order valence-electron chi connectivity index (χ3n) is 1.67. The number of nitrogens with two attached hydrogens (primary N) is 1. The molecule has 0 heterocycles. The number of nitrogens with zero attached hydrogens (tertiary/aromatic N) is 1. The fourth-order valence-electron chi connectivity index (χ4n) is 0.859. The van der Waals surface area contributed by atoms with Gasteiger partial charge in [0.25, 0.3) is 0 Å². The highest BCUT2D eigenvalue weighted by atomic mass is 16.2. The van der Waals surface area contributed by atoms with Gasteiger partial charge < -0.3 is 11.1 Å². The summed E-state index contributed by atoms with van der Waals surface area (Å²) in [6, 6.07) is -0.189. The lowest BCUT2D eigenvalue weighted by molar-refractivity contribution is 0.240. The van der Waals surface area contributed by atoms with Gasteiger partial charge in [-0.25, -0.2) is 10.1 Å². The first-order chi connectivity index (χ1) is 6.31. The number of nitrogens with one attached hydrogen (secondary N) is 1. The summed E-state index contributed by atoms with van der Waals surface area (Å²) in [7, 11) is 0. The highest BCUT2D eigenvalue weighted by Gasteiger charge is 1.98. The minimum absolute atomic E-state index is 0.189. The van der Waals surface area contributed by atoms with Crippen LogP contribution in [0.25, 0.3) is 0 Å². The number of carbonyl (C=O) groups is 1. The van der Waals surface area contributed by atoms with Crippen LogP contribution in [-0.4, -0.2) is 25.7 Å². The maximum atomic E-state index is 11.0. The van der Waals surface area contributed by atoms with E-state index >= 15 is 0 Å². The quantitative estimate of drug-likeness (QED) is 0.578. The Morgan fingerprint density at radius 2 is 2.15 bits per heavy atom. The van der Waals surface area contributed by atoms with E-state index in [0.29, 0.717) is 19.6 Å². The van der Waals surface area contributed by atoms with Crippen molar-refractivity contribution in [3.63, 3.8) is 0 Å². The van der Waals surface area contributed by atoms with Crippen molar-refractivity contribution in [3.8, 4) is 0 Å². The van der Waals surface area contributed by atoms with E-state index < -0.39 is 0 Å². The Morgan fingerprint density at radius 1 is 1.38 bits per heavy atom. The van der Waals surface area contributed by atoms with Crippen molar-refractivity contribution in [1.29, 1.82) is 0 Å². The molecule has 4 heteroatoms. The van der Waals surface area contributed by atoms with Gasteiger partial charge in [-0.1, -0.05) is 13.3 Å². The van der Waals surface area contributed by atoms with Crippen LogP contribution in [0.5, 0.6) is 0 Å². The number of hydrogen-bond acceptors (Lipinski definition) is 2. The van der Waals surface area contributed by atoms with E-state index in [1.54, 1.807) is 0 Å². The molecule has 0 atom stereocenters. The second-order valence-electron chi connectivity index (χ2n) is 2.96. The standard InChI is InChI=1S/C9H20N3O/c1-2-3-7-11-9(13)12-8-5-4-6-10/h2-8,10H2,1H3,(H,12,13). The minimum atomic E-state index is -0.189. The van der Waals surface area contributed by atoms with Gasteiger partial charge in [-0.3, -0.25) is 0 Å². The second-order valence-corrected chi connectivity index (χ2v) is 2.96. The molecule has 0 saturated heterocycles. The Balaban J connectivity index is 3.11. The Morgan fingerprint density at radius 3 is 2.77 bits per heavy atom. The molecule has 3 N–H and O–H groups in total. The molecule has 0 aromatic rings. The number of amides is 2. The summed E-state index contributed by atoms with van der Waals surface area (Å²) in [6.45, 7) is 4.09. The lowest BCUT2D eigenvalue weighted by atomic mass is 10.3. The molecule has 0 saturated carbocycles. The van der Waals surface area contributed by atoms with Crippen LogP contribution in [0.2, 0.25) is 0 Å². The molecule has 0 fully saturated rings. The van der Waals surface area contributed by atoms with Gasteiger partial charge in [0.05, 0.1) is 0 Å². The molecule has 77 valence electrons. The molecule has 0 aromatic carbocycles. The van der Waals surface area contributed by atoms with Gasteiger partial charge in [0.1, 0.15) is 0 Å². The van der Waals surface area contributed by atoms with Gasteiger partial charge in [0, 0.05) is 13.1 Å². The average molecular weight is 186 g/mol. The molecular weight excluding hydrogens is 166 g/mol. The SMILES string of the molecule is CCCC[N]C(=O)NCCCCN. The summed E-state index contributed by atoms with van der Waals surface area (Å²) in [5, 5.41) is 6.55. The van der Waals surface area contributed by atoms with Crippen LogP contribution in [0.1, 0.15) is 32.6 Å². The van der Waals surface area contributed by atoms with Crippen molar-refractivity contribution in [3.05, 3.63) is 0 Å². The maximum Gasteiger partial charge on any atom is 0.336 e. The lowest BCUT2D eigenvalue weighted by Gasteiger charge is -2.03. The summed E-state index contributed by atoms with van der Waals surface area (Å²) in [5.74, 6) is 0. The summed E-state index contributed by atoms with van der Waals surface area (Å²) in [6.07, 6.45) is 3.95. The first kappa shape index (κ1) is 12.2. The van der Waals surface area contributed by atoms with Crippen LogP contribution in [0, 0.1) is 0 Å². The monoisotopic (exact) mass is 186 g/mol. The van der Waals surface area contributed by atoms with Gasteiger partial charge in [0.15, 0.2) is 0 Å². The summed E-state index contributed by atoms with van der Waals surface area (Å²) >= 11 is 0. The third-order valence-corrected chi connectivity index (χ3v) is 1.67. The predicted octanol–water partition coefficient (Wildman–Crippen LogP) is 0.839. The van der Waals surface area contributed by atoms with E-state index in [0.717, 1.165) is 25.7 Å². The second kappa shape index (κ2) is 9.32. The zero-order valence-electron chi connectivity index (χ0n) is 8.38. The van der Waals surface area contributed by atoms with E-state index in [1.807, 2.05) is 0 Å². The highest BCUT2D eigenvalue weighted by Crippen LogP contribution is 1.85. The van der Waals surface area contributed by atoms with Crippen LogP contribution < -0.4 is 16.4 Å². The van der Waals surface area contributed by atoms with Crippen molar-refractivity contribution in [2.45, 2.75) is 32.6 Å². The van der Waals surface area contributed by atoms with E-state index in [-0.39, 0.29) is 6.03 Å². The fraction of sp³-hybridized carbons (Fsp3) is 0.889. The predicted molar refractivity (Wildman–Crippen MR) is 53.6 cm³/mol. The molecule has 4 nitrogen and oxygen atoms in total. The van der Waals surface area contributed by atoms with E-state index in [9.17, 15) is 4.79 Å². The molecule has 0 spiro atoms. The number of rotatable bonds is 7. The Bertz CT molecular complexity index is 128. The normalized spacial score (nSPS) is 9.69. The van der Waals surface area contributed by atoms with Crippen LogP contribution in [0.15, 0.2) is 0 Å². The number of carbonyl (C=O) groups excluding carboxylic acids is 1. The van der Waals surface area contributed by atoms with Crippen molar-refractivity contribution in [2.24, 2.45) is 5.73 Å². The van der Waals surface area contributed by atoms with Crippen LogP contribution >= 0.6 is 0 Å². The van der Waals surface area contributed by atoms with E-state index in [2.05, 4.69) is 17.6 Å². The van der Waals surface area contributed by atoms with Gasteiger partial charge in [-0.15, -0.1) is 0 Å². The molecule has 0 rings (SSSR count). The zero-order valence-corrected chi connectivity index (χ0v) is 8.38. The van der Waals surface area contributed by atoms with Gasteiger partial charge in [-0.2, -0.15) is 0 Å². The summed E-state index contributed by atoms with van der Waals surface area (Å²) in [4.78, 5) is 11.0. The minimum Gasteiger partial charge on any atom is -0.337 e. The molecule has 2 amide bonds. The van der Waals surface area contributed by atoms with Crippen LogP contribution in [0.4, 0.5) is 4.79 Å². The van der Waals surface area contributed by atoms with Crippen LogP contribution in [0.3, 0.4) is 0 Å². The van der Waals surface area contributed by atoms with Gasteiger partial charge in [0.2, 0.25) is 0 Å². The van der Waals surface area contributed by atoms with Gasteiger partial charge >= 0.3 is 6.03 Å². The largest absolute Gasteiger partial charge is 0.337 e. The maximum absolute atomic E-state index is 11.0. The number of hydrogen-bond donors (Lipinski definition) is 2.